The highest BCUT2D eigenvalue weighted by atomic mass is 79.9. The standard InChI is InChI=1S/C12H12BrN3OS/c1-8(9-3-2-4-10(13)5-9)12(17)14-6-11-7-15-18-16-11/h2-5,7-8H,6H2,1H3,(H,14,17). The summed E-state index contributed by atoms with van der Waals surface area (Å²) in [5, 5.41) is 2.85. The van der Waals surface area contributed by atoms with Crippen LogP contribution < -0.4 is 5.32 Å². The third-order valence-electron chi connectivity index (χ3n) is 2.59. The number of hydrogen-bond acceptors (Lipinski definition) is 4. The lowest BCUT2D eigenvalue weighted by atomic mass is 10.0. The van der Waals surface area contributed by atoms with Crippen molar-refractivity contribution in [3.63, 3.8) is 0 Å². The van der Waals surface area contributed by atoms with Crippen LogP contribution in [0.2, 0.25) is 0 Å². The summed E-state index contributed by atoms with van der Waals surface area (Å²) in [5.74, 6) is -0.199. The highest BCUT2D eigenvalue weighted by Gasteiger charge is 2.15. The van der Waals surface area contributed by atoms with Crippen LogP contribution >= 0.6 is 27.7 Å². The maximum atomic E-state index is 12.0. The van der Waals surface area contributed by atoms with Crippen LogP contribution in [0.15, 0.2) is 34.9 Å². The average molecular weight is 326 g/mol. The molecule has 0 saturated heterocycles. The van der Waals surface area contributed by atoms with Gasteiger partial charge in [-0.05, 0) is 24.6 Å². The molecular weight excluding hydrogens is 314 g/mol. The second-order valence-corrected chi connectivity index (χ2v) is 5.37. The molecule has 0 aliphatic heterocycles. The van der Waals surface area contributed by atoms with E-state index < -0.39 is 0 Å². The van der Waals surface area contributed by atoms with E-state index >= 15 is 0 Å². The van der Waals surface area contributed by atoms with Crippen molar-refractivity contribution in [3.05, 3.63) is 46.2 Å². The van der Waals surface area contributed by atoms with Gasteiger partial charge in [0.15, 0.2) is 0 Å². The van der Waals surface area contributed by atoms with Gasteiger partial charge >= 0.3 is 0 Å². The fraction of sp³-hybridized carbons (Fsp3) is 0.250. The van der Waals surface area contributed by atoms with Gasteiger partial charge < -0.3 is 5.32 Å². The molecule has 1 aromatic carbocycles. The zero-order chi connectivity index (χ0) is 13.0. The lowest BCUT2D eigenvalue weighted by molar-refractivity contribution is -0.122. The van der Waals surface area contributed by atoms with Crippen LogP contribution in [0.3, 0.4) is 0 Å². The third-order valence-corrected chi connectivity index (χ3v) is 3.60. The van der Waals surface area contributed by atoms with Crippen LogP contribution in [-0.2, 0) is 11.3 Å². The number of nitrogens with one attached hydrogen (secondary N) is 1. The molecule has 1 atom stereocenters. The first-order valence-corrected chi connectivity index (χ1v) is 6.99. The van der Waals surface area contributed by atoms with Crippen molar-refractivity contribution in [2.45, 2.75) is 19.4 Å². The van der Waals surface area contributed by atoms with E-state index in [2.05, 4.69) is 30.0 Å². The van der Waals surface area contributed by atoms with Crippen molar-refractivity contribution in [1.29, 1.82) is 0 Å². The number of rotatable bonds is 4. The second kappa shape index (κ2) is 6.06. The molecule has 0 spiro atoms. The summed E-state index contributed by atoms with van der Waals surface area (Å²) in [6.07, 6.45) is 1.66. The van der Waals surface area contributed by atoms with Gasteiger partial charge in [0.1, 0.15) is 0 Å². The molecule has 18 heavy (non-hydrogen) atoms. The van der Waals surface area contributed by atoms with Crippen molar-refractivity contribution in [2.24, 2.45) is 0 Å². The number of halogens is 1. The van der Waals surface area contributed by atoms with Gasteiger partial charge in [-0.2, -0.15) is 8.75 Å². The number of amides is 1. The van der Waals surface area contributed by atoms with E-state index in [1.54, 1.807) is 6.20 Å². The van der Waals surface area contributed by atoms with Gasteiger partial charge in [-0.25, -0.2) is 0 Å². The van der Waals surface area contributed by atoms with Gasteiger partial charge in [0.05, 0.1) is 36.1 Å². The minimum absolute atomic E-state index is 0.0129. The largest absolute Gasteiger partial charge is 0.350 e. The molecule has 1 amide bonds. The van der Waals surface area contributed by atoms with Gasteiger partial charge in [0, 0.05) is 4.47 Å². The molecule has 6 heteroatoms. The van der Waals surface area contributed by atoms with Gasteiger partial charge in [0.25, 0.3) is 0 Å². The molecule has 1 heterocycles. The van der Waals surface area contributed by atoms with E-state index in [9.17, 15) is 4.79 Å². The summed E-state index contributed by atoms with van der Waals surface area (Å²) < 4.78 is 8.91. The van der Waals surface area contributed by atoms with E-state index in [0.717, 1.165) is 27.5 Å². The minimum Gasteiger partial charge on any atom is -0.350 e. The summed E-state index contributed by atoms with van der Waals surface area (Å²) in [7, 11) is 0. The molecule has 2 rings (SSSR count). The van der Waals surface area contributed by atoms with Crippen LogP contribution in [0, 0.1) is 0 Å². The summed E-state index contributed by atoms with van der Waals surface area (Å²) in [5.41, 5.74) is 1.77. The first-order valence-electron chi connectivity index (χ1n) is 5.46. The van der Waals surface area contributed by atoms with Gasteiger partial charge in [-0.1, -0.05) is 28.1 Å². The summed E-state index contributed by atoms with van der Waals surface area (Å²) in [6, 6.07) is 7.76. The number of hydrogen-bond donors (Lipinski definition) is 1. The average Bonchev–Trinajstić information content (AvgIpc) is 2.88. The quantitative estimate of drug-likeness (QED) is 0.940. The van der Waals surface area contributed by atoms with Crippen molar-refractivity contribution in [2.75, 3.05) is 0 Å². The first kappa shape index (κ1) is 13.2. The molecule has 94 valence electrons. The Labute approximate surface area is 118 Å². The predicted molar refractivity (Wildman–Crippen MR) is 74.3 cm³/mol. The maximum Gasteiger partial charge on any atom is 0.227 e. The number of carbonyl (C=O) groups excluding carboxylic acids is 1. The number of nitrogens with zero attached hydrogens (tertiary/aromatic N) is 2. The summed E-state index contributed by atoms with van der Waals surface area (Å²) in [4.78, 5) is 12.0. The zero-order valence-electron chi connectivity index (χ0n) is 9.76. The van der Waals surface area contributed by atoms with E-state index in [-0.39, 0.29) is 11.8 Å². The predicted octanol–water partition coefficient (Wildman–Crippen LogP) is 2.72. The topological polar surface area (TPSA) is 54.9 Å². The smallest absolute Gasteiger partial charge is 0.227 e. The minimum atomic E-state index is -0.186. The Morgan fingerprint density at radius 2 is 2.39 bits per heavy atom. The molecular formula is C12H12BrN3OS. The number of benzene rings is 1. The molecule has 2 aromatic rings. The van der Waals surface area contributed by atoms with Crippen LogP contribution in [-0.4, -0.2) is 14.7 Å². The van der Waals surface area contributed by atoms with Crippen LogP contribution in [0.25, 0.3) is 0 Å². The Morgan fingerprint density at radius 1 is 1.56 bits per heavy atom. The molecule has 4 nitrogen and oxygen atoms in total. The molecule has 1 N–H and O–H groups in total. The zero-order valence-corrected chi connectivity index (χ0v) is 12.2. The summed E-state index contributed by atoms with van der Waals surface area (Å²) >= 11 is 4.54. The van der Waals surface area contributed by atoms with Crippen LogP contribution in [0.5, 0.6) is 0 Å². The molecule has 0 saturated carbocycles. The monoisotopic (exact) mass is 325 g/mol. The Balaban J connectivity index is 1.96. The van der Waals surface area contributed by atoms with E-state index in [1.165, 1.54) is 0 Å². The highest BCUT2D eigenvalue weighted by Crippen LogP contribution is 2.19. The van der Waals surface area contributed by atoms with Gasteiger partial charge in [0.2, 0.25) is 5.91 Å². The second-order valence-electron chi connectivity index (χ2n) is 3.89. The lowest BCUT2D eigenvalue weighted by Crippen LogP contribution is -2.27. The van der Waals surface area contributed by atoms with Crippen LogP contribution in [0.1, 0.15) is 24.1 Å². The Morgan fingerprint density at radius 3 is 3.06 bits per heavy atom. The molecule has 0 radical (unpaired) electrons. The Kier molecular flexibility index (Phi) is 4.43. The molecule has 0 bridgehead atoms. The molecule has 1 aromatic heterocycles. The van der Waals surface area contributed by atoms with Gasteiger partial charge in [-0.15, -0.1) is 0 Å². The third kappa shape index (κ3) is 3.36. The Bertz CT molecular complexity index is 530. The molecule has 1 unspecified atom stereocenters. The molecule has 0 aliphatic carbocycles. The van der Waals surface area contributed by atoms with Crippen LogP contribution in [0.4, 0.5) is 0 Å². The van der Waals surface area contributed by atoms with E-state index in [1.807, 2.05) is 31.2 Å². The number of carbonyl (C=O) groups is 1. The fourth-order valence-corrected chi connectivity index (χ4v) is 2.37. The van der Waals surface area contributed by atoms with Crippen molar-refractivity contribution in [3.8, 4) is 0 Å². The van der Waals surface area contributed by atoms with Crippen molar-refractivity contribution >= 4 is 33.6 Å². The SMILES string of the molecule is CC(C(=O)NCc1cnsn1)c1cccc(Br)c1. The lowest BCUT2D eigenvalue weighted by Gasteiger charge is -2.12. The maximum absolute atomic E-state index is 12.0. The van der Waals surface area contributed by atoms with Crippen molar-refractivity contribution in [1.82, 2.24) is 14.1 Å². The van der Waals surface area contributed by atoms with Gasteiger partial charge in [-0.3, -0.25) is 4.79 Å². The highest BCUT2D eigenvalue weighted by molar-refractivity contribution is 9.10. The van der Waals surface area contributed by atoms with E-state index in [4.69, 9.17) is 0 Å². The molecule has 0 aliphatic rings. The molecule has 0 fully saturated rings. The number of aromatic nitrogens is 2. The fourth-order valence-electron chi connectivity index (χ4n) is 1.52. The Hall–Kier alpha value is -1.27. The summed E-state index contributed by atoms with van der Waals surface area (Å²) in [6.45, 7) is 2.31. The van der Waals surface area contributed by atoms with Crippen molar-refractivity contribution < 1.29 is 4.79 Å². The normalized spacial score (nSPS) is 12.1. The van der Waals surface area contributed by atoms with E-state index in [0.29, 0.717) is 6.54 Å². The first-order chi connectivity index (χ1) is 8.66.